The summed E-state index contributed by atoms with van der Waals surface area (Å²) in [4.78, 5) is 32.0. The van der Waals surface area contributed by atoms with Gasteiger partial charge in [-0.05, 0) is 34.7 Å². The number of carbonyl (C=O) groups is 1. The van der Waals surface area contributed by atoms with Gasteiger partial charge < -0.3 is 14.8 Å². The van der Waals surface area contributed by atoms with Crippen LogP contribution in [-0.4, -0.2) is 58.3 Å². The van der Waals surface area contributed by atoms with Crippen LogP contribution < -0.4 is 0 Å². The molecule has 4 rings (SSSR count). The van der Waals surface area contributed by atoms with E-state index in [1.54, 1.807) is 12.1 Å². The van der Waals surface area contributed by atoms with Crippen LogP contribution in [0.1, 0.15) is 56.7 Å². The Bertz CT molecular complexity index is 1170. The molecule has 1 saturated heterocycles. The topological polar surface area (TPSA) is 82.5 Å². The quantitative estimate of drug-likeness (QED) is 0.410. The minimum atomic E-state index is -0.373. The van der Waals surface area contributed by atoms with E-state index in [4.69, 9.17) is 0 Å². The molecular weight excluding hydrogens is 428 g/mol. The predicted molar refractivity (Wildman–Crippen MR) is 135 cm³/mol. The minimum absolute atomic E-state index is 0.0319. The number of amides is 1. The molecule has 0 radical (unpaired) electrons. The number of benzene rings is 2. The Hall–Kier alpha value is -3.19. The average Bonchev–Trinajstić information content (AvgIpc) is 3.25. The van der Waals surface area contributed by atoms with Gasteiger partial charge in [-0.1, -0.05) is 52.0 Å². The highest BCUT2D eigenvalue weighted by Gasteiger charge is 2.27. The average molecular weight is 463 g/mol. The van der Waals surface area contributed by atoms with Crippen LogP contribution in [-0.2, 0) is 10.2 Å². The summed E-state index contributed by atoms with van der Waals surface area (Å²) in [5.41, 5.74) is 4.11. The third-order valence-corrected chi connectivity index (χ3v) is 7.01. The highest BCUT2D eigenvalue weighted by molar-refractivity contribution is 5.87. The number of non-ortho nitro benzene ring substituents is 1. The fourth-order valence-electron chi connectivity index (χ4n) is 4.77. The van der Waals surface area contributed by atoms with Gasteiger partial charge in [-0.25, -0.2) is 0 Å². The first-order chi connectivity index (χ1) is 16.2. The number of hydrogen-bond acceptors (Lipinski definition) is 4. The number of nitro groups is 1. The van der Waals surface area contributed by atoms with Gasteiger partial charge in [0.25, 0.3) is 5.69 Å². The molecule has 0 saturated carbocycles. The molecule has 1 N–H and O–H groups in total. The molecule has 1 amide bonds. The molecule has 0 aliphatic carbocycles. The van der Waals surface area contributed by atoms with E-state index in [0.29, 0.717) is 6.42 Å². The van der Waals surface area contributed by atoms with Crippen LogP contribution in [0.15, 0.2) is 48.7 Å². The lowest BCUT2D eigenvalue weighted by Crippen LogP contribution is -2.48. The monoisotopic (exact) mass is 462 g/mol. The molecule has 2 aromatic carbocycles. The molecule has 0 unspecified atom stereocenters. The number of aromatic amines is 1. The van der Waals surface area contributed by atoms with Gasteiger partial charge >= 0.3 is 0 Å². The first-order valence-electron chi connectivity index (χ1n) is 12.0. The van der Waals surface area contributed by atoms with Crippen molar-refractivity contribution in [1.29, 1.82) is 0 Å². The molecule has 34 heavy (non-hydrogen) atoms. The molecule has 0 spiro atoms. The Labute approximate surface area is 200 Å². The maximum atomic E-state index is 13.4. The molecule has 1 aliphatic rings. The van der Waals surface area contributed by atoms with E-state index in [-0.39, 0.29) is 27.9 Å². The molecule has 1 fully saturated rings. The Morgan fingerprint density at radius 3 is 2.35 bits per heavy atom. The number of aromatic nitrogens is 1. The van der Waals surface area contributed by atoms with Gasteiger partial charge in [0.2, 0.25) is 5.91 Å². The summed E-state index contributed by atoms with van der Waals surface area (Å²) in [7, 11) is 0. The van der Waals surface area contributed by atoms with Gasteiger partial charge in [0.1, 0.15) is 0 Å². The number of likely N-dealkylation sites (N-methyl/N-ethyl adjacent to an activating group) is 1. The summed E-state index contributed by atoms with van der Waals surface area (Å²) in [5.74, 6) is -0.0677. The number of H-pyrrole nitrogens is 1. The van der Waals surface area contributed by atoms with Crippen molar-refractivity contribution >= 4 is 22.5 Å². The van der Waals surface area contributed by atoms with Crippen LogP contribution in [0.3, 0.4) is 0 Å². The van der Waals surface area contributed by atoms with Gasteiger partial charge in [0.15, 0.2) is 0 Å². The molecule has 3 aromatic rings. The minimum Gasteiger partial charge on any atom is -0.361 e. The summed E-state index contributed by atoms with van der Waals surface area (Å²) >= 11 is 0. The fourth-order valence-corrected chi connectivity index (χ4v) is 4.77. The zero-order chi connectivity index (χ0) is 24.5. The molecule has 7 nitrogen and oxygen atoms in total. The second-order valence-electron chi connectivity index (χ2n) is 10.2. The number of carbonyl (C=O) groups excluding carboxylic acids is 1. The molecule has 1 atom stereocenters. The van der Waals surface area contributed by atoms with E-state index in [1.807, 2.05) is 11.1 Å². The van der Waals surface area contributed by atoms with Crippen molar-refractivity contribution in [2.75, 3.05) is 32.7 Å². The summed E-state index contributed by atoms with van der Waals surface area (Å²) in [6.07, 6.45) is 2.23. The highest BCUT2D eigenvalue weighted by Crippen LogP contribution is 2.36. The Kier molecular flexibility index (Phi) is 6.75. The van der Waals surface area contributed by atoms with Crippen LogP contribution in [0, 0.1) is 10.1 Å². The third kappa shape index (κ3) is 4.99. The van der Waals surface area contributed by atoms with Gasteiger partial charge in [-0.3, -0.25) is 14.9 Å². The van der Waals surface area contributed by atoms with Crippen molar-refractivity contribution < 1.29 is 9.72 Å². The Balaban J connectivity index is 1.70. The number of fused-ring (bicyclic) bond motifs is 1. The molecule has 1 aliphatic heterocycles. The van der Waals surface area contributed by atoms with Crippen LogP contribution in [0.2, 0.25) is 0 Å². The van der Waals surface area contributed by atoms with Crippen LogP contribution in [0.5, 0.6) is 0 Å². The summed E-state index contributed by atoms with van der Waals surface area (Å²) in [5, 5.41) is 12.2. The van der Waals surface area contributed by atoms with Crippen molar-refractivity contribution in [3.63, 3.8) is 0 Å². The SMILES string of the molecule is CCN1CCN(C(=O)C[C@@H](c2ccc(C(C)(C)C)cc2)c2c[nH]c3ccc([N+](=O)[O-])cc23)CC1. The maximum absolute atomic E-state index is 13.4. The molecular formula is C27H34N4O3. The van der Waals surface area contributed by atoms with Gasteiger partial charge in [-0.2, -0.15) is 0 Å². The number of hydrogen-bond donors (Lipinski definition) is 1. The van der Waals surface area contributed by atoms with Crippen LogP contribution in [0.25, 0.3) is 10.9 Å². The van der Waals surface area contributed by atoms with E-state index in [0.717, 1.165) is 54.8 Å². The zero-order valence-electron chi connectivity index (χ0n) is 20.5. The number of rotatable bonds is 6. The normalized spacial score (nSPS) is 16.1. The van der Waals surface area contributed by atoms with Crippen LogP contribution >= 0.6 is 0 Å². The van der Waals surface area contributed by atoms with E-state index >= 15 is 0 Å². The largest absolute Gasteiger partial charge is 0.361 e. The van der Waals surface area contributed by atoms with E-state index in [1.165, 1.54) is 11.6 Å². The number of nitrogens with one attached hydrogen (secondary N) is 1. The van der Waals surface area contributed by atoms with Crippen molar-refractivity contribution in [3.05, 3.63) is 75.5 Å². The first kappa shape index (κ1) is 24.0. The molecule has 2 heterocycles. The standard InChI is InChI=1S/C27H34N4O3/c1-5-29-12-14-30(15-13-29)26(32)17-22(19-6-8-20(9-7-19)27(2,3)4)24-18-28-25-11-10-21(31(33)34)16-23(24)25/h6-11,16,18,22,28H,5,12-15,17H2,1-4H3/t22-/m0/s1. The van der Waals surface area contributed by atoms with Crippen molar-refractivity contribution in [3.8, 4) is 0 Å². The summed E-state index contributed by atoms with van der Waals surface area (Å²) in [6, 6.07) is 13.3. The lowest BCUT2D eigenvalue weighted by atomic mass is 9.83. The maximum Gasteiger partial charge on any atom is 0.270 e. The second kappa shape index (κ2) is 9.58. The third-order valence-electron chi connectivity index (χ3n) is 7.01. The molecule has 7 heteroatoms. The lowest BCUT2D eigenvalue weighted by Gasteiger charge is -2.35. The fraction of sp³-hybridized carbons (Fsp3) is 0.444. The van der Waals surface area contributed by atoms with Crippen molar-refractivity contribution in [2.24, 2.45) is 0 Å². The zero-order valence-corrected chi connectivity index (χ0v) is 20.5. The second-order valence-corrected chi connectivity index (χ2v) is 10.2. The van der Waals surface area contributed by atoms with E-state index in [9.17, 15) is 14.9 Å². The van der Waals surface area contributed by atoms with Gasteiger partial charge in [0.05, 0.1) is 4.92 Å². The molecule has 1 aromatic heterocycles. The molecule has 180 valence electrons. The van der Waals surface area contributed by atoms with Gasteiger partial charge in [-0.15, -0.1) is 0 Å². The lowest BCUT2D eigenvalue weighted by molar-refractivity contribution is -0.384. The Morgan fingerprint density at radius 2 is 1.76 bits per heavy atom. The highest BCUT2D eigenvalue weighted by atomic mass is 16.6. The summed E-state index contributed by atoms with van der Waals surface area (Å²) in [6.45, 7) is 12.9. The Morgan fingerprint density at radius 1 is 1.09 bits per heavy atom. The number of nitrogens with zero attached hydrogens (tertiary/aromatic N) is 3. The van der Waals surface area contributed by atoms with E-state index in [2.05, 4.69) is 61.8 Å². The smallest absolute Gasteiger partial charge is 0.270 e. The van der Waals surface area contributed by atoms with Crippen molar-refractivity contribution in [1.82, 2.24) is 14.8 Å². The predicted octanol–water partition coefficient (Wildman–Crippen LogP) is 5.06. The van der Waals surface area contributed by atoms with Gasteiger partial charge in [0, 0.05) is 67.8 Å². The molecule has 0 bridgehead atoms. The van der Waals surface area contributed by atoms with Crippen LogP contribution in [0.4, 0.5) is 5.69 Å². The number of piperazine rings is 1. The summed E-state index contributed by atoms with van der Waals surface area (Å²) < 4.78 is 0. The van der Waals surface area contributed by atoms with Crippen molar-refractivity contribution in [2.45, 2.75) is 45.4 Å². The number of nitro benzene ring substituents is 1. The van der Waals surface area contributed by atoms with E-state index < -0.39 is 0 Å². The first-order valence-corrected chi connectivity index (χ1v) is 12.0.